The zero-order valence-corrected chi connectivity index (χ0v) is 11.8. The summed E-state index contributed by atoms with van der Waals surface area (Å²) < 4.78 is 0. The highest BCUT2D eigenvalue weighted by atomic mass is 16.1. The second kappa shape index (κ2) is 4.92. The average molecular weight is 254 g/mol. The number of hydrogen-bond acceptors (Lipinski definition) is 3. The number of aromatic nitrogens is 2. The smallest absolute Gasteiger partial charge is 0.159 e. The molecule has 1 aromatic heterocycles. The first-order valence-electron chi connectivity index (χ1n) is 6.31. The lowest BCUT2D eigenvalue weighted by Crippen LogP contribution is -2.10. The summed E-state index contributed by atoms with van der Waals surface area (Å²) >= 11 is 0. The fourth-order valence-electron chi connectivity index (χ4n) is 1.85. The third kappa shape index (κ3) is 2.87. The summed E-state index contributed by atoms with van der Waals surface area (Å²) in [7, 11) is 0. The lowest BCUT2D eigenvalue weighted by molar-refractivity contribution is 0.112. The molecule has 0 amide bonds. The van der Waals surface area contributed by atoms with Crippen LogP contribution in [-0.4, -0.2) is 16.3 Å². The van der Waals surface area contributed by atoms with Gasteiger partial charge in [-0.15, -0.1) is 0 Å². The SMILES string of the molecule is Cc1nc(-c2ccc(C(C)(C)C)cc2)ncc1C=O. The molecule has 0 bridgehead atoms. The summed E-state index contributed by atoms with van der Waals surface area (Å²) in [6, 6.07) is 8.25. The second-order valence-electron chi connectivity index (χ2n) is 5.68. The van der Waals surface area contributed by atoms with Gasteiger partial charge in [-0.05, 0) is 17.9 Å². The Labute approximate surface area is 113 Å². The van der Waals surface area contributed by atoms with Crippen LogP contribution in [0.5, 0.6) is 0 Å². The van der Waals surface area contributed by atoms with Gasteiger partial charge < -0.3 is 0 Å². The van der Waals surface area contributed by atoms with Crippen molar-refractivity contribution < 1.29 is 4.79 Å². The summed E-state index contributed by atoms with van der Waals surface area (Å²) in [6.07, 6.45) is 2.35. The van der Waals surface area contributed by atoms with Gasteiger partial charge in [0, 0.05) is 11.8 Å². The molecule has 0 saturated heterocycles. The fraction of sp³-hybridized carbons (Fsp3) is 0.312. The maximum absolute atomic E-state index is 10.8. The van der Waals surface area contributed by atoms with Crippen LogP contribution in [0, 0.1) is 6.92 Å². The van der Waals surface area contributed by atoms with E-state index in [0.717, 1.165) is 11.8 Å². The number of carbonyl (C=O) groups is 1. The summed E-state index contributed by atoms with van der Waals surface area (Å²) in [6.45, 7) is 8.36. The first-order chi connectivity index (χ1) is 8.91. The first kappa shape index (κ1) is 13.4. The Morgan fingerprint density at radius 1 is 1.11 bits per heavy atom. The molecule has 1 heterocycles. The summed E-state index contributed by atoms with van der Waals surface area (Å²) in [4.78, 5) is 19.3. The molecule has 19 heavy (non-hydrogen) atoms. The van der Waals surface area contributed by atoms with Gasteiger partial charge in [-0.25, -0.2) is 9.97 Å². The van der Waals surface area contributed by atoms with Gasteiger partial charge in [-0.3, -0.25) is 4.79 Å². The number of aldehydes is 1. The largest absolute Gasteiger partial charge is 0.298 e. The van der Waals surface area contributed by atoms with Crippen molar-refractivity contribution in [3.8, 4) is 11.4 Å². The zero-order valence-electron chi connectivity index (χ0n) is 11.8. The molecule has 0 spiro atoms. The van der Waals surface area contributed by atoms with E-state index in [-0.39, 0.29) is 5.41 Å². The monoisotopic (exact) mass is 254 g/mol. The molecule has 98 valence electrons. The van der Waals surface area contributed by atoms with E-state index in [1.165, 1.54) is 5.56 Å². The molecule has 0 N–H and O–H groups in total. The van der Waals surface area contributed by atoms with Crippen molar-refractivity contribution in [2.24, 2.45) is 0 Å². The second-order valence-corrected chi connectivity index (χ2v) is 5.68. The number of hydrogen-bond donors (Lipinski definition) is 0. The van der Waals surface area contributed by atoms with Gasteiger partial charge in [0.2, 0.25) is 0 Å². The van der Waals surface area contributed by atoms with Crippen LogP contribution < -0.4 is 0 Å². The predicted molar refractivity (Wildman–Crippen MR) is 76.3 cm³/mol. The van der Waals surface area contributed by atoms with Crippen LogP contribution in [0.25, 0.3) is 11.4 Å². The van der Waals surface area contributed by atoms with Crippen LogP contribution in [-0.2, 0) is 5.41 Å². The van der Waals surface area contributed by atoms with Gasteiger partial charge in [-0.1, -0.05) is 45.0 Å². The van der Waals surface area contributed by atoms with E-state index in [2.05, 4.69) is 42.9 Å². The van der Waals surface area contributed by atoms with Crippen LogP contribution >= 0.6 is 0 Å². The van der Waals surface area contributed by atoms with Crippen molar-refractivity contribution in [3.05, 3.63) is 47.3 Å². The fourth-order valence-corrected chi connectivity index (χ4v) is 1.85. The summed E-state index contributed by atoms with van der Waals surface area (Å²) in [5.41, 5.74) is 3.62. The molecular weight excluding hydrogens is 236 g/mol. The molecule has 3 nitrogen and oxygen atoms in total. The first-order valence-corrected chi connectivity index (χ1v) is 6.31. The number of benzene rings is 1. The van der Waals surface area contributed by atoms with Crippen molar-refractivity contribution in [2.75, 3.05) is 0 Å². The van der Waals surface area contributed by atoms with Crippen molar-refractivity contribution in [3.63, 3.8) is 0 Å². The standard InChI is InChI=1S/C16H18N2O/c1-11-13(10-19)9-17-15(18-11)12-5-7-14(8-6-12)16(2,3)4/h5-10H,1-4H3. The quantitative estimate of drug-likeness (QED) is 0.769. The lowest BCUT2D eigenvalue weighted by Gasteiger charge is -2.19. The molecular formula is C16H18N2O. The Bertz CT molecular complexity index is 595. The Morgan fingerprint density at radius 2 is 1.74 bits per heavy atom. The van der Waals surface area contributed by atoms with Crippen molar-refractivity contribution >= 4 is 6.29 Å². The van der Waals surface area contributed by atoms with Crippen LogP contribution in [0.1, 0.15) is 42.4 Å². The van der Waals surface area contributed by atoms with Gasteiger partial charge in [0.1, 0.15) is 0 Å². The molecule has 1 aromatic carbocycles. The van der Waals surface area contributed by atoms with Crippen LogP contribution in [0.2, 0.25) is 0 Å². The maximum Gasteiger partial charge on any atom is 0.159 e. The van der Waals surface area contributed by atoms with Gasteiger partial charge in [0.05, 0.1) is 11.3 Å². The molecule has 0 aliphatic heterocycles. The van der Waals surface area contributed by atoms with Gasteiger partial charge in [0.25, 0.3) is 0 Å². The van der Waals surface area contributed by atoms with Crippen molar-refractivity contribution in [1.82, 2.24) is 9.97 Å². The van der Waals surface area contributed by atoms with Crippen molar-refractivity contribution in [1.29, 1.82) is 0 Å². The number of aryl methyl sites for hydroxylation is 1. The molecule has 0 unspecified atom stereocenters. The normalized spacial score (nSPS) is 11.4. The highest BCUT2D eigenvalue weighted by Gasteiger charge is 2.13. The van der Waals surface area contributed by atoms with E-state index in [9.17, 15) is 4.79 Å². The highest BCUT2D eigenvalue weighted by Crippen LogP contribution is 2.24. The Morgan fingerprint density at radius 3 is 2.21 bits per heavy atom. The van der Waals surface area contributed by atoms with E-state index in [1.54, 1.807) is 6.20 Å². The Hall–Kier alpha value is -2.03. The van der Waals surface area contributed by atoms with Crippen LogP contribution in [0.3, 0.4) is 0 Å². The lowest BCUT2D eigenvalue weighted by atomic mass is 9.87. The van der Waals surface area contributed by atoms with Gasteiger partial charge >= 0.3 is 0 Å². The third-order valence-corrected chi connectivity index (χ3v) is 3.15. The third-order valence-electron chi connectivity index (χ3n) is 3.15. The summed E-state index contributed by atoms with van der Waals surface area (Å²) in [5.74, 6) is 0.656. The Kier molecular flexibility index (Phi) is 3.47. The number of rotatable bonds is 2. The minimum absolute atomic E-state index is 0.136. The van der Waals surface area contributed by atoms with Gasteiger partial charge in [0.15, 0.2) is 12.1 Å². The van der Waals surface area contributed by atoms with Crippen molar-refractivity contribution in [2.45, 2.75) is 33.1 Å². The predicted octanol–water partition coefficient (Wildman–Crippen LogP) is 3.56. The number of carbonyl (C=O) groups excluding carboxylic acids is 1. The van der Waals surface area contributed by atoms with E-state index >= 15 is 0 Å². The van der Waals surface area contributed by atoms with E-state index in [4.69, 9.17) is 0 Å². The molecule has 0 fully saturated rings. The molecule has 0 aliphatic rings. The Balaban J connectivity index is 2.37. The van der Waals surface area contributed by atoms with E-state index in [1.807, 2.05) is 19.1 Å². The molecule has 0 aliphatic carbocycles. The molecule has 2 rings (SSSR count). The molecule has 3 heteroatoms. The minimum Gasteiger partial charge on any atom is -0.298 e. The molecule has 0 radical (unpaired) electrons. The van der Waals surface area contributed by atoms with Crippen LogP contribution in [0.4, 0.5) is 0 Å². The van der Waals surface area contributed by atoms with Crippen LogP contribution in [0.15, 0.2) is 30.5 Å². The number of nitrogens with zero attached hydrogens (tertiary/aromatic N) is 2. The average Bonchev–Trinajstić information content (AvgIpc) is 2.38. The van der Waals surface area contributed by atoms with E-state index in [0.29, 0.717) is 17.1 Å². The topological polar surface area (TPSA) is 42.9 Å². The molecule has 0 saturated carbocycles. The molecule has 2 aromatic rings. The highest BCUT2D eigenvalue weighted by molar-refractivity contribution is 5.76. The van der Waals surface area contributed by atoms with E-state index < -0.39 is 0 Å². The maximum atomic E-state index is 10.8. The molecule has 0 atom stereocenters. The van der Waals surface area contributed by atoms with Gasteiger partial charge in [-0.2, -0.15) is 0 Å². The zero-order chi connectivity index (χ0) is 14.0. The summed E-state index contributed by atoms with van der Waals surface area (Å²) in [5, 5.41) is 0. The minimum atomic E-state index is 0.136.